The summed E-state index contributed by atoms with van der Waals surface area (Å²) in [5, 5.41) is 13.0. The van der Waals surface area contributed by atoms with Crippen LogP contribution in [0.5, 0.6) is 0 Å². The molecule has 108 valence electrons. The fraction of sp³-hybridized carbons (Fsp3) is 0.286. The number of carboxylic acid groups (broad SMARTS) is 1. The SMILES string of the molecule is O=C(O)C1CC(=O)N(c2ccc(Cn3cncn3)cc2)C1. The van der Waals surface area contributed by atoms with Crippen LogP contribution in [0.25, 0.3) is 0 Å². The molecule has 1 amide bonds. The minimum Gasteiger partial charge on any atom is -0.481 e. The molecule has 21 heavy (non-hydrogen) atoms. The molecule has 1 aromatic heterocycles. The van der Waals surface area contributed by atoms with Crippen molar-refractivity contribution in [2.45, 2.75) is 13.0 Å². The Kier molecular flexibility index (Phi) is 3.39. The molecule has 2 heterocycles. The van der Waals surface area contributed by atoms with E-state index in [-0.39, 0.29) is 18.9 Å². The van der Waals surface area contributed by atoms with Gasteiger partial charge in [0.05, 0.1) is 12.5 Å². The van der Waals surface area contributed by atoms with Gasteiger partial charge in [-0.2, -0.15) is 5.10 Å². The van der Waals surface area contributed by atoms with E-state index in [1.165, 1.54) is 11.2 Å². The number of carboxylic acids is 1. The summed E-state index contributed by atoms with van der Waals surface area (Å²) in [6, 6.07) is 7.46. The second-order valence-electron chi connectivity index (χ2n) is 5.00. The number of amides is 1. The molecule has 1 aromatic carbocycles. The lowest BCUT2D eigenvalue weighted by atomic mass is 10.1. The zero-order valence-corrected chi connectivity index (χ0v) is 11.2. The summed E-state index contributed by atoms with van der Waals surface area (Å²) in [6.07, 6.45) is 3.18. The quantitative estimate of drug-likeness (QED) is 0.896. The van der Waals surface area contributed by atoms with Gasteiger partial charge in [0.25, 0.3) is 0 Å². The van der Waals surface area contributed by atoms with Crippen molar-refractivity contribution in [1.29, 1.82) is 0 Å². The molecule has 1 aliphatic heterocycles. The van der Waals surface area contributed by atoms with Crippen LogP contribution in [0.15, 0.2) is 36.9 Å². The maximum absolute atomic E-state index is 11.9. The number of aromatic nitrogens is 3. The van der Waals surface area contributed by atoms with E-state index in [0.717, 1.165) is 11.3 Å². The van der Waals surface area contributed by atoms with Gasteiger partial charge in [0.15, 0.2) is 0 Å². The third kappa shape index (κ3) is 2.76. The number of hydrogen-bond donors (Lipinski definition) is 1. The van der Waals surface area contributed by atoms with Crippen molar-refractivity contribution in [3.63, 3.8) is 0 Å². The van der Waals surface area contributed by atoms with Crippen LogP contribution in [0.2, 0.25) is 0 Å². The Morgan fingerprint density at radius 2 is 2.10 bits per heavy atom. The van der Waals surface area contributed by atoms with Crippen LogP contribution < -0.4 is 4.90 Å². The van der Waals surface area contributed by atoms with Crippen molar-refractivity contribution in [1.82, 2.24) is 14.8 Å². The van der Waals surface area contributed by atoms with Gasteiger partial charge in [-0.1, -0.05) is 12.1 Å². The maximum Gasteiger partial charge on any atom is 0.308 e. The Hall–Kier alpha value is -2.70. The minimum absolute atomic E-state index is 0.0655. The number of aliphatic carboxylic acids is 1. The first-order valence-electron chi connectivity index (χ1n) is 6.58. The van der Waals surface area contributed by atoms with Crippen molar-refractivity contribution in [2.75, 3.05) is 11.4 Å². The monoisotopic (exact) mass is 286 g/mol. The molecule has 1 unspecified atom stereocenters. The average Bonchev–Trinajstić information content (AvgIpc) is 3.09. The third-order valence-corrected chi connectivity index (χ3v) is 3.53. The van der Waals surface area contributed by atoms with Crippen LogP contribution in [0.4, 0.5) is 5.69 Å². The highest BCUT2D eigenvalue weighted by molar-refractivity contribution is 5.99. The molecular weight excluding hydrogens is 272 g/mol. The zero-order valence-electron chi connectivity index (χ0n) is 11.2. The van der Waals surface area contributed by atoms with E-state index in [4.69, 9.17) is 5.11 Å². The van der Waals surface area contributed by atoms with Crippen molar-refractivity contribution in [2.24, 2.45) is 5.92 Å². The number of benzene rings is 1. The topological polar surface area (TPSA) is 88.3 Å². The molecule has 7 nitrogen and oxygen atoms in total. The van der Waals surface area contributed by atoms with Crippen LogP contribution in [-0.2, 0) is 16.1 Å². The molecule has 1 fully saturated rings. The van der Waals surface area contributed by atoms with Crippen LogP contribution in [0.1, 0.15) is 12.0 Å². The van der Waals surface area contributed by atoms with Crippen LogP contribution in [0.3, 0.4) is 0 Å². The molecule has 1 N–H and O–H groups in total. The van der Waals surface area contributed by atoms with E-state index in [0.29, 0.717) is 6.54 Å². The molecule has 1 saturated heterocycles. The number of rotatable bonds is 4. The highest BCUT2D eigenvalue weighted by Gasteiger charge is 2.34. The number of nitrogens with zero attached hydrogens (tertiary/aromatic N) is 4. The predicted octanol–water partition coefficient (Wildman–Crippen LogP) is 0.764. The van der Waals surface area contributed by atoms with Crippen molar-refractivity contribution in [3.05, 3.63) is 42.5 Å². The number of carbonyl (C=O) groups is 2. The van der Waals surface area contributed by atoms with E-state index < -0.39 is 11.9 Å². The van der Waals surface area contributed by atoms with Gasteiger partial charge in [-0.25, -0.2) is 9.67 Å². The van der Waals surface area contributed by atoms with E-state index in [1.807, 2.05) is 24.3 Å². The second kappa shape index (κ2) is 5.35. The lowest BCUT2D eigenvalue weighted by molar-refractivity contribution is -0.141. The minimum atomic E-state index is -0.923. The van der Waals surface area contributed by atoms with Gasteiger partial charge in [-0.05, 0) is 17.7 Å². The summed E-state index contributed by atoms with van der Waals surface area (Å²) in [6.45, 7) is 0.836. The van der Waals surface area contributed by atoms with Crippen molar-refractivity contribution in [3.8, 4) is 0 Å². The first-order valence-corrected chi connectivity index (χ1v) is 6.58. The van der Waals surface area contributed by atoms with E-state index in [9.17, 15) is 9.59 Å². The van der Waals surface area contributed by atoms with E-state index in [1.54, 1.807) is 11.0 Å². The van der Waals surface area contributed by atoms with Crippen LogP contribution >= 0.6 is 0 Å². The number of hydrogen-bond acceptors (Lipinski definition) is 4. The van der Waals surface area contributed by atoms with Gasteiger partial charge >= 0.3 is 5.97 Å². The summed E-state index contributed by atoms with van der Waals surface area (Å²) in [5.74, 6) is -1.69. The maximum atomic E-state index is 11.9. The predicted molar refractivity (Wildman–Crippen MR) is 73.7 cm³/mol. The Morgan fingerprint density at radius 1 is 1.33 bits per heavy atom. The van der Waals surface area contributed by atoms with Gasteiger partial charge < -0.3 is 10.0 Å². The molecule has 0 radical (unpaired) electrons. The highest BCUT2D eigenvalue weighted by Crippen LogP contribution is 2.25. The molecule has 1 aliphatic rings. The van der Waals surface area contributed by atoms with Gasteiger partial charge in [-0.3, -0.25) is 9.59 Å². The van der Waals surface area contributed by atoms with Crippen LogP contribution in [-0.4, -0.2) is 38.3 Å². The molecule has 1 atom stereocenters. The van der Waals surface area contributed by atoms with E-state index in [2.05, 4.69) is 10.1 Å². The molecule has 7 heteroatoms. The largest absolute Gasteiger partial charge is 0.481 e. The van der Waals surface area contributed by atoms with Gasteiger partial charge in [0.2, 0.25) is 5.91 Å². The lowest BCUT2D eigenvalue weighted by Crippen LogP contribution is -2.25. The Labute approximate surface area is 120 Å². The van der Waals surface area contributed by atoms with Gasteiger partial charge in [-0.15, -0.1) is 0 Å². The molecule has 0 saturated carbocycles. The number of carbonyl (C=O) groups excluding carboxylic acids is 1. The summed E-state index contributed by atoms with van der Waals surface area (Å²) in [7, 11) is 0. The van der Waals surface area contributed by atoms with Crippen molar-refractivity contribution < 1.29 is 14.7 Å². The van der Waals surface area contributed by atoms with Crippen molar-refractivity contribution >= 4 is 17.6 Å². The standard InChI is InChI=1S/C14H14N4O3/c19-13-5-11(14(20)21)7-18(13)12-3-1-10(2-4-12)6-17-9-15-8-16-17/h1-4,8-9,11H,5-7H2,(H,20,21). The fourth-order valence-corrected chi connectivity index (χ4v) is 2.41. The second-order valence-corrected chi connectivity index (χ2v) is 5.00. The Bertz CT molecular complexity index is 651. The molecular formula is C14H14N4O3. The third-order valence-electron chi connectivity index (χ3n) is 3.53. The summed E-state index contributed by atoms with van der Waals surface area (Å²) in [4.78, 5) is 28.2. The number of anilines is 1. The average molecular weight is 286 g/mol. The normalized spacial score (nSPS) is 18.2. The molecule has 0 bridgehead atoms. The first kappa shape index (κ1) is 13.3. The molecule has 0 aliphatic carbocycles. The molecule has 3 rings (SSSR count). The first-order chi connectivity index (χ1) is 10.1. The smallest absolute Gasteiger partial charge is 0.308 e. The fourth-order valence-electron chi connectivity index (χ4n) is 2.41. The Morgan fingerprint density at radius 3 is 2.67 bits per heavy atom. The van der Waals surface area contributed by atoms with Gasteiger partial charge in [0, 0.05) is 18.7 Å². The highest BCUT2D eigenvalue weighted by atomic mass is 16.4. The molecule has 2 aromatic rings. The molecule has 0 spiro atoms. The van der Waals surface area contributed by atoms with Crippen LogP contribution in [0, 0.1) is 5.92 Å². The summed E-state index contributed by atoms with van der Waals surface area (Å²) < 4.78 is 1.70. The lowest BCUT2D eigenvalue weighted by Gasteiger charge is -2.16. The summed E-state index contributed by atoms with van der Waals surface area (Å²) >= 11 is 0. The zero-order chi connectivity index (χ0) is 14.8. The van der Waals surface area contributed by atoms with E-state index >= 15 is 0 Å². The van der Waals surface area contributed by atoms with Gasteiger partial charge in [0.1, 0.15) is 12.7 Å². The summed E-state index contributed by atoms with van der Waals surface area (Å²) in [5.41, 5.74) is 1.76. The Balaban J connectivity index is 1.72.